The van der Waals surface area contributed by atoms with Crippen LogP contribution in [0.3, 0.4) is 0 Å². The van der Waals surface area contributed by atoms with Gasteiger partial charge in [-0.25, -0.2) is 4.39 Å². The highest BCUT2D eigenvalue weighted by atomic mass is 19.1. The maximum Gasteiger partial charge on any atom is 0.123 e. The van der Waals surface area contributed by atoms with Crippen molar-refractivity contribution in [2.24, 2.45) is 5.73 Å². The van der Waals surface area contributed by atoms with Gasteiger partial charge in [0.2, 0.25) is 0 Å². The molecular weight excluding hydrogens is 253 g/mol. The van der Waals surface area contributed by atoms with E-state index < -0.39 is 0 Å². The number of halogens is 1. The lowest BCUT2D eigenvalue weighted by atomic mass is 9.98. The summed E-state index contributed by atoms with van der Waals surface area (Å²) in [6, 6.07) is 12.6. The zero-order valence-corrected chi connectivity index (χ0v) is 11.9. The molecule has 0 radical (unpaired) electrons. The van der Waals surface area contributed by atoms with Gasteiger partial charge < -0.3 is 10.5 Å². The maximum atomic E-state index is 12.8. The Bertz CT molecular complexity index is 566. The topological polar surface area (TPSA) is 35.2 Å². The van der Waals surface area contributed by atoms with Crippen LogP contribution in [0.2, 0.25) is 0 Å². The third-order valence-corrected chi connectivity index (χ3v) is 3.50. The Kier molecular flexibility index (Phi) is 4.74. The van der Waals surface area contributed by atoms with Crippen molar-refractivity contribution in [2.75, 3.05) is 7.11 Å². The van der Waals surface area contributed by atoms with Gasteiger partial charge in [0.15, 0.2) is 0 Å². The smallest absolute Gasteiger partial charge is 0.123 e. The van der Waals surface area contributed by atoms with Crippen LogP contribution in [-0.2, 0) is 6.42 Å². The van der Waals surface area contributed by atoms with E-state index >= 15 is 0 Å². The van der Waals surface area contributed by atoms with Gasteiger partial charge in [-0.1, -0.05) is 24.3 Å². The molecular formula is C17H20FNO. The fourth-order valence-electron chi connectivity index (χ4n) is 2.27. The molecule has 106 valence electrons. The van der Waals surface area contributed by atoms with Gasteiger partial charge in [-0.15, -0.1) is 0 Å². The van der Waals surface area contributed by atoms with Crippen molar-refractivity contribution in [1.82, 2.24) is 0 Å². The quantitative estimate of drug-likeness (QED) is 0.900. The summed E-state index contributed by atoms with van der Waals surface area (Å²) in [7, 11) is 1.66. The van der Waals surface area contributed by atoms with Gasteiger partial charge in [0, 0.05) is 6.04 Å². The Morgan fingerprint density at radius 3 is 2.45 bits per heavy atom. The summed E-state index contributed by atoms with van der Waals surface area (Å²) in [5.41, 5.74) is 9.51. The molecule has 3 heteroatoms. The summed E-state index contributed by atoms with van der Waals surface area (Å²) >= 11 is 0. The lowest BCUT2D eigenvalue weighted by Crippen LogP contribution is -2.11. The van der Waals surface area contributed by atoms with Gasteiger partial charge in [-0.3, -0.25) is 0 Å². The van der Waals surface area contributed by atoms with Gasteiger partial charge in [0.25, 0.3) is 0 Å². The van der Waals surface area contributed by atoms with Crippen molar-refractivity contribution < 1.29 is 9.13 Å². The standard InChI is InChI=1S/C17H20FNO/c1-12-11-14(6-10-17(12)20-2)16(19)9-5-13-3-7-15(18)8-4-13/h3-4,6-8,10-11,16H,5,9,19H2,1-2H3. The largest absolute Gasteiger partial charge is 0.496 e. The Morgan fingerprint density at radius 2 is 1.85 bits per heavy atom. The van der Waals surface area contributed by atoms with E-state index in [-0.39, 0.29) is 11.9 Å². The first-order valence-electron chi connectivity index (χ1n) is 6.74. The maximum absolute atomic E-state index is 12.8. The zero-order valence-electron chi connectivity index (χ0n) is 11.9. The fourth-order valence-corrected chi connectivity index (χ4v) is 2.27. The lowest BCUT2D eigenvalue weighted by Gasteiger charge is -2.14. The van der Waals surface area contributed by atoms with Gasteiger partial charge in [-0.2, -0.15) is 0 Å². The third kappa shape index (κ3) is 3.58. The summed E-state index contributed by atoms with van der Waals surface area (Å²) in [5, 5.41) is 0. The molecule has 0 saturated carbocycles. The van der Waals surface area contributed by atoms with Crippen molar-refractivity contribution in [1.29, 1.82) is 0 Å². The second-order valence-corrected chi connectivity index (χ2v) is 5.00. The van der Waals surface area contributed by atoms with Crippen molar-refractivity contribution >= 4 is 0 Å². The Balaban J connectivity index is 1.99. The lowest BCUT2D eigenvalue weighted by molar-refractivity contribution is 0.411. The molecule has 0 fully saturated rings. The second-order valence-electron chi connectivity index (χ2n) is 5.00. The van der Waals surface area contributed by atoms with Crippen molar-refractivity contribution in [3.63, 3.8) is 0 Å². The van der Waals surface area contributed by atoms with Crippen molar-refractivity contribution in [3.05, 3.63) is 65.0 Å². The number of hydrogen-bond donors (Lipinski definition) is 1. The molecule has 0 amide bonds. The van der Waals surface area contributed by atoms with Gasteiger partial charge in [-0.05, 0) is 54.7 Å². The second kappa shape index (κ2) is 6.53. The molecule has 0 aliphatic heterocycles. The molecule has 2 nitrogen and oxygen atoms in total. The molecule has 2 aromatic rings. The van der Waals surface area contributed by atoms with Crippen LogP contribution in [0.4, 0.5) is 4.39 Å². The molecule has 0 bridgehead atoms. The summed E-state index contributed by atoms with van der Waals surface area (Å²) < 4.78 is 18.1. The third-order valence-electron chi connectivity index (χ3n) is 3.50. The molecule has 0 aromatic heterocycles. The first-order chi connectivity index (χ1) is 9.60. The number of ether oxygens (including phenoxy) is 1. The number of aryl methyl sites for hydroxylation is 2. The summed E-state index contributed by atoms with van der Waals surface area (Å²) in [6.07, 6.45) is 1.67. The molecule has 2 rings (SSSR count). The molecule has 0 heterocycles. The number of rotatable bonds is 5. The van der Waals surface area contributed by atoms with Crippen LogP contribution in [0.1, 0.15) is 29.2 Å². The van der Waals surface area contributed by atoms with Crippen LogP contribution in [0.25, 0.3) is 0 Å². The summed E-state index contributed by atoms with van der Waals surface area (Å²) in [4.78, 5) is 0. The van der Waals surface area contributed by atoms with E-state index in [0.717, 1.165) is 35.3 Å². The average Bonchev–Trinajstić information content (AvgIpc) is 2.46. The van der Waals surface area contributed by atoms with Crippen molar-refractivity contribution in [3.8, 4) is 5.75 Å². The highest BCUT2D eigenvalue weighted by molar-refractivity contribution is 5.37. The number of nitrogens with two attached hydrogens (primary N) is 1. The molecule has 20 heavy (non-hydrogen) atoms. The van der Waals surface area contributed by atoms with E-state index in [1.807, 2.05) is 19.1 Å². The Morgan fingerprint density at radius 1 is 1.15 bits per heavy atom. The summed E-state index contributed by atoms with van der Waals surface area (Å²) in [5.74, 6) is 0.670. The SMILES string of the molecule is COc1ccc(C(N)CCc2ccc(F)cc2)cc1C. The first-order valence-corrected chi connectivity index (χ1v) is 6.74. The normalized spacial score (nSPS) is 12.2. The number of hydrogen-bond acceptors (Lipinski definition) is 2. The molecule has 0 spiro atoms. The van der Waals surface area contributed by atoms with E-state index in [1.165, 1.54) is 12.1 Å². The molecule has 2 N–H and O–H groups in total. The van der Waals surface area contributed by atoms with Gasteiger partial charge in [0.05, 0.1) is 7.11 Å². The van der Waals surface area contributed by atoms with E-state index in [2.05, 4.69) is 6.07 Å². The predicted octanol–water partition coefficient (Wildman–Crippen LogP) is 3.78. The molecule has 2 aromatic carbocycles. The monoisotopic (exact) mass is 273 g/mol. The van der Waals surface area contributed by atoms with Crippen LogP contribution < -0.4 is 10.5 Å². The molecule has 0 aliphatic rings. The highest BCUT2D eigenvalue weighted by Crippen LogP contribution is 2.23. The fraction of sp³-hybridized carbons (Fsp3) is 0.294. The average molecular weight is 273 g/mol. The first kappa shape index (κ1) is 14.5. The molecule has 1 unspecified atom stereocenters. The number of benzene rings is 2. The van der Waals surface area contributed by atoms with Crippen LogP contribution in [-0.4, -0.2) is 7.11 Å². The van der Waals surface area contributed by atoms with Crippen molar-refractivity contribution in [2.45, 2.75) is 25.8 Å². The number of methoxy groups -OCH3 is 1. The zero-order chi connectivity index (χ0) is 14.5. The highest BCUT2D eigenvalue weighted by Gasteiger charge is 2.08. The molecule has 0 aliphatic carbocycles. The Hall–Kier alpha value is -1.87. The van der Waals surface area contributed by atoms with E-state index in [4.69, 9.17) is 10.5 Å². The van der Waals surface area contributed by atoms with E-state index in [9.17, 15) is 4.39 Å². The minimum absolute atomic E-state index is 0.0235. The van der Waals surface area contributed by atoms with Crippen LogP contribution in [0.5, 0.6) is 5.75 Å². The minimum atomic E-state index is -0.205. The van der Waals surface area contributed by atoms with Crippen LogP contribution in [0.15, 0.2) is 42.5 Å². The van der Waals surface area contributed by atoms with Gasteiger partial charge >= 0.3 is 0 Å². The van der Waals surface area contributed by atoms with E-state index in [1.54, 1.807) is 19.2 Å². The summed E-state index contributed by atoms with van der Waals surface area (Å²) in [6.45, 7) is 2.01. The minimum Gasteiger partial charge on any atom is -0.496 e. The van der Waals surface area contributed by atoms with E-state index in [0.29, 0.717) is 0 Å². The molecule has 0 saturated heterocycles. The molecule has 1 atom stereocenters. The Labute approximate surface area is 119 Å². The van der Waals surface area contributed by atoms with Crippen LogP contribution >= 0.6 is 0 Å². The predicted molar refractivity (Wildman–Crippen MR) is 79.4 cm³/mol. The van der Waals surface area contributed by atoms with Crippen LogP contribution in [0, 0.1) is 12.7 Å². The van der Waals surface area contributed by atoms with Gasteiger partial charge in [0.1, 0.15) is 11.6 Å².